The van der Waals surface area contributed by atoms with Gasteiger partial charge < -0.3 is 16.0 Å². The summed E-state index contributed by atoms with van der Waals surface area (Å²) in [6.45, 7) is 7.27. The molecule has 3 N–H and O–H groups in total. The highest BCUT2D eigenvalue weighted by Gasteiger charge is 2.24. The van der Waals surface area contributed by atoms with E-state index >= 15 is 0 Å². The number of nitrogens with one attached hydrogen (secondary N) is 3. The molecule has 23 heavy (non-hydrogen) atoms. The maximum atomic E-state index is 12.2. The number of piperidine rings is 1. The van der Waals surface area contributed by atoms with Crippen molar-refractivity contribution in [1.82, 2.24) is 10.6 Å². The summed E-state index contributed by atoms with van der Waals surface area (Å²) in [5.74, 6) is 0.207. The van der Waals surface area contributed by atoms with Crippen molar-refractivity contribution in [2.24, 2.45) is 11.8 Å². The molecule has 1 aliphatic heterocycles. The highest BCUT2D eigenvalue weighted by molar-refractivity contribution is 5.92. The minimum atomic E-state index is -0.0404. The molecule has 0 aromatic heterocycles. The van der Waals surface area contributed by atoms with Crippen molar-refractivity contribution in [3.05, 3.63) is 29.8 Å². The SMILES string of the molecule is CC(C)C(=O)Nc1ccc(CNC(=O)[C@H]2CCN[C@@H](C)C2)cc1. The molecule has 5 heteroatoms. The topological polar surface area (TPSA) is 70.2 Å². The van der Waals surface area contributed by atoms with Crippen LogP contribution in [0.3, 0.4) is 0 Å². The van der Waals surface area contributed by atoms with Gasteiger partial charge in [0.1, 0.15) is 0 Å². The summed E-state index contributed by atoms with van der Waals surface area (Å²) < 4.78 is 0. The minimum absolute atomic E-state index is 0.00563. The summed E-state index contributed by atoms with van der Waals surface area (Å²) in [6, 6.07) is 8.01. The zero-order valence-electron chi connectivity index (χ0n) is 14.2. The predicted molar refractivity (Wildman–Crippen MR) is 91.9 cm³/mol. The summed E-state index contributed by atoms with van der Waals surface area (Å²) in [6.07, 6.45) is 1.79. The number of hydrogen-bond donors (Lipinski definition) is 3. The molecule has 1 heterocycles. The van der Waals surface area contributed by atoms with E-state index in [0.717, 1.165) is 30.6 Å². The molecule has 2 amide bonds. The Morgan fingerprint density at radius 1 is 1.26 bits per heavy atom. The molecule has 1 aliphatic rings. The maximum absolute atomic E-state index is 12.2. The number of hydrogen-bond acceptors (Lipinski definition) is 3. The van der Waals surface area contributed by atoms with Crippen LogP contribution in [0.15, 0.2) is 24.3 Å². The molecule has 2 rings (SSSR count). The van der Waals surface area contributed by atoms with Crippen molar-refractivity contribution in [3.63, 3.8) is 0 Å². The number of carbonyl (C=O) groups is 2. The summed E-state index contributed by atoms with van der Waals surface area (Å²) in [5.41, 5.74) is 1.81. The van der Waals surface area contributed by atoms with Crippen molar-refractivity contribution < 1.29 is 9.59 Å². The summed E-state index contributed by atoms with van der Waals surface area (Å²) >= 11 is 0. The molecule has 0 saturated carbocycles. The van der Waals surface area contributed by atoms with E-state index in [1.165, 1.54) is 0 Å². The molecule has 1 fully saturated rings. The van der Waals surface area contributed by atoms with Crippen molar-refractivity contribution >= 4 is 17.5 Å². The van der Waals surface area contributed by atoms with Crippen LogP contribution in [0.5, 0.6) is 0 Å². The standard InChI is InChI=1S/C18H27N3O2/c1-12(2)17(22)21-16-6-4-14(5-7-16)11-20-18(23)15-8-9-19-13(3)10-15/h4-7,12-13,15,19H,8-11H2,1-3H3,(H,20,23)(H,21,22)/t13-,15-/m0/s1. The fourth-order valence-corrected chi connectivity index (χ4v) is 2.70. The van der Waals surface area contributed by atoms with Gasteiger partial charge in [-0.3, -0.25) is 9.59 Å². The van der Waals surface area contributed by atoms with Crippen molar-refractivity contribution in [1.29, 1.82) is 0 Å². The second kappa shape index (κ2) is 8.11. The number of anilines is 1. The van der Waals surface area contributed by atoms with Gasteiger partial charge in [-0.15, -0.1) is 0 Å². The highest BCUT2D eigenvalue weighted by atomic mass is 16.2. The third-order valence-electron chi connectivity index (χ3n) is 4.21. The molecule has 1 saturated heterocycles. The van der Waals surface area contributed by atoms with Crippen LogP contribution < -0.4 is 16.0 Å². The molecular weight excluding hydrogens is 290 g/mol. The van der Waals surface area contributed by atoms with Gasteiger partial charge in [0.25, 0.3) is 0 Å². The summed E-state index contributed by atoms with van der Waals surface area (Å²) in [4.78, 5) is 23.8. The Kier molecular flexibility index (Phi) is 6.16. The van der Waals surface area contributed by atoms with Crippen LogP contribution in [-0.2, 0) is 16.1 Å². The van der Waals surface area contributed by atoms with Crippen LogP contribution in [0.1, 0.15) is 39.2 Å². The fourth-order valence-electron chi connectivity index (χ4n) is 2.70. The van der Waals surface area contributed by atoms with Crippen LogP contribution in [0, 0.1) is 11.8 Å². The molecule has 1 aromatic rings. The zero-order valence-corrected chi connectivity index (χ0v) is 14.2. The Balaban J connectivity index is 1.81. The Morgan fingerprint density at radius 2 is 1.96 bits per heavy atom. The second-order valence-electron chi connectivity index (χ2n) is 6.64. The number of benzene rings is 1. The van der Waals surface area contributed by atoms with Gasteiger partial charge >= 0.3 is 0 Å². The van der Waals surface area contributed by atoms with E-state index in [0.29, 0.717) is 12.6 Å². The number of amides is 2. The van der Waals surface area contributed by atoms with Crippen LogP contribution in [-0.4, -0.2) is 24.4 Å². The lowest BCUT2D eigenvalue weighted by Crippen LogP contribution is -2.42. The minimum Gasteiger partial charge on any atom is -0.352 e. The average Bonchev–Trinajstić information content (AvgIpc) is 2.53. The molecule has 0 radical (unpaired) electrons. The van der Waals surface area contributed by atoms with E-state index in [-0.39, 0.29) is 23.7 Å². The molecule has 0 bridgehead atoms. The number of carbonyl (C=O) groups excluding carboxylic acids is 2. The van der Waals surface area contributed by atoms with Crippen molar-refractivity contribution in [3.8, 4) is 0 Å². The van der Waals surface area contributed by atoms with Crippen LogP contribution in [0.4, 0.5) is 5.69 Å². The lowest BCUT2D eigenvalue weighted by Gasteiger charge is -2.27. The Morgan fingerprint density at radius 3 is 2.57 bits per heavy atom. The summed E-state index contributed by atoms with van der Waals surface area (Å²) in [7, 11) is 0. The fraction of sp³-hybridized carbons (Fsp3) is 0.556. The quantitative estimate of drug-likeness (QED) is 0.780. The lowest BCUT2D eigenvalue weighted by molar-refractivity contribution is -0.126. The van der Waals surface area contributed by atoms with E-state index in [9.17, 15) is 9.59 Å². The van der Waals surface area contributed by atoms with Crippen LogP contribution >= 0.6 is 0 Å². The van der Waals surface area contributed by atoms with Crippen molar-refractivity contribution in [2.45, 2.75) is 46.2 Å². The lowest BCUT2D eigenvalue weighted by atomic mass is 9.92. The largest absolute Gasteiger partial charge is 0.352 e. The van der Waals surface area contributed by atoms with E-state index in [4.69, 9.17) is 0 Å². The third-order valence-corrected chi connectivity index (χ3v) is 4.21. The average molecular weight is 317 g/mol. The third kappa shape index (κ3) is 5.36. The molecule has 0 unspecified atom stereocenters. The van der Waals surface area contributed by atoms with E-state index in [2.05, 4.69) is 22.9 Å². The zero-order chi connectivity index (χ0) is 16.8. The molecule has 126 valence electrons. The highest BCUT2D eigenvalue weighted by Crippen LogP contribution is 2.16. The Labute approximate surface area is 138 Å². The van der Waals surface area contributed by atoms with Gasteiger partial charge in [-0.2, -0.15) is 0 Å². The summed E-state index contributed by atoms with van der Waals surface area (Å²) in [5, 5.41) is 9.23. The molecule has 1 aromatic carbocycles. The smallest absolute Gasteiger partial charge is 0.226 e. The Hall–Kier alpha value is -1.88. The predicted octanol–water partition coefficient (Wildman–Crippen LogP) is 2.29. The van der Waals surface area contributed by atoms with Gasteiger partial charge in [0.15, 0.2) is 0 Å². The van der Waals surface area contributed by atoms with Crippen molar-refractivity contribution in [2.75, 3.05) is 11.9 Å². The van der Waals surface area contributed by atoms with E-state index < -0.39 is 0 Å². The molecule has 5 nitrogen and oxygen atoms in total. The first-order valence-corrected chi connectivity index (χ1v) is 8.36. The van der Waals surface area contributed by atoms with Gasteiger partial charge in [0.2, 0.25) is 11.8 Å². The van der Waals surface area contributed by atoms with Gasteiger partial charge in [-0.05, 0) is 44.0 Å². The van der Waals surface area contributed by atoms with E-state index in [1.807, 2.05) is 38.1 Å². The second-order valence-corrected chi connectivity index (χ2v) is 6.64. The monoisotopic (exact) mass is 317 g/mol. The molecule has 0 spiro atoms. The van der Waals surface area contributed by atoms with Crippen LogP contribution in [0.25, 0.3) is 0 Å². The van der Waals surface area contributed by atoms with Gasteiger partial charge in [0.05, 0.1) is 0 Å². The molecule has 2 atom stereocenters. The van der Waals surface area contributed by atoms with Gasteiger partial charge in [0, 0.05) is 30.1 Å². The first-order valence-electron chi connectivity index (χ1n) is 8.36. The normalized spacial score (nSPS) is 21.0. The van der Waals surface area contributed by atoms with Gasteiger partial charge in [-0.1, -0.05) is 26.0 Å². The Bertz CT molecular complexity index is 540. The maximum Gasteiger partial charge on any atom is 0.226 e. The molecule has 0 aliphatic carbocycles. The molecular formula is C18H27N3O2. The van der Waals surface area contributed by atoms with Gasteiger partial charge in [-0.25, -0.2) is 0 Å². The first-order chi connectivity index (χ1) is 11.0. The first kappa shape index (κ1) is 17.5. The van der Waals surface area contributed by atoms with Crippen LogP contribution in [0.2, 0.25) is 0 Å². The van der Waals surface area contributed by atoms with E-state index in [1.54, 1.807) is 0 Å². The number of rotatable bonds is 5.